The van der Waals surface area contributed by atoms with Gasteiger partial charge in [-0.15, -0.1) is 0 Å². The maximum absolute atomic E-state index is 2.30. The first kappa shape index (κ1) is 11.5. The normalized spacial score (nSPS) is 14.7. The van der Waals surface area contributed by atoms with E-state index in [0.717, 1.165) is 0 Å². The van der Waals surface area contributed by atoms with Crippen molar-refractivity contribution < 1.29 is 0 Å². The fourth-order valence-electron chi connectivity index (χ4n) is 1.10. The van der Waals surface area contributed by atoms with Crippen molar-refractivity contribution in [1.82, 2.24) is 0 Å². The summed E-state index contributed by atoms with van der Waals surface area (Å²) in [4.78, 5) is 0. The van der Waals surface area contributed by atoms with E-state index >= 15 is 0 Å². The van der Waals surface area contributed by atoms with E-state index in [1.807, 2.05) is 0 Å². The van der Waals surface area contributed by atoms with Crippen LogP contribution in [0.2, 0.25) is 0 Å². The smallest absolute Gasteiger partial charge is 0.0260 e. The molecule has 0 atom stereocenters. The molecule has 0 aliphatic rings. The van der Waals surface area contributed by atoms with Gasteiger partial charge in [0.15, 0.2) is 0 Å². The van der Waals surface area contributed by atoms with E-state index < -0.39 is 0 Å². The van der Waals surface area contributed by atoms with Crippen LogP contribution < -0.4 is 0 Å². The third-order valence-corrected chi connectivity index (χ3v) is 1.96. The average molecular weight is 166 g/mol. The second-order valence-electron chi connectivity index (χ2n) is 4.20. The minimum atomic E-state index is 0.654. The Hall–Kier alpha value is -0.520. The van der Waals surface area contributed by atoms with Crippen molar-refractivity contribution in [3.63, 3.8) is 0 Å². The zero-order valence-electron chi connectivity index (χ0n) is 9.31. The summed E-state index contributed by atoms with van der Waals surface area (Å²) in [7, 11) is 0. The fraction of sp³-hybridized carbons (Fsp3) is 0.667. The van der Waals surface area contributed by atoms with Crippen molar-refractivity contribution in [2.75, 3.05) is 0 Å². The number of rotatable bonds is 3. The maximum Gasteiger partial charge on any atom is -0.0260 e. The summed E-state index contributed by atoms with van der Waals surface area (Å²) in [5.41, 5.74) is 2.85. The highest BCUT2D eigenvalue weighted by Crippen LogP contribution is 2.12. The van der Waals surface area contributed by atoms with E-state index in [0.29, 0.717) is 11.8 Å². The van der Waals surface area contributed by atoms with Crippen molar-refractivity contribution in [1.29, 1.82) is 0 Å². The molecule has 0 fully saturated rings. The first-order valence-corrected chi connectivity index (χ1v) is 4.80. The Bertz CT molecular complexity index is 180. The Morgan fingerprint density at radius 1 is 1.00 bits per heavy atom. The Morgan fingerprint density at radius 3 is 1.83 bits per heavy atom. The summed E-state index contributed by atoms with van der Waals surface area (Å²) in [6.45, 7) is 13.3. The molecule has 0 amide bonds. The molecule has 0 saturated carbocycles. The fourth-order valence-corrected chi connectivity index (χ4v) is 1.10. The lowest BCUT2D eigenvalue weighted by atomic mass is 10.0. The SMILES string of the molecule is CC(=C\C(C)C)/C=C(\C)C(C)C. The van der Waals surface area contributed by atoms with Gasteiger partial charge in [-0.1, -0.05) is 51.0 Å². The van der Waals surface area contributed by atoms with Gasteiger partial charge in [-0.05, 0) is 25.7 Å². The molecule has 0 heterocycles. The molecule has 0 aromatic carbocycles. The second-order valence-corrected chi connectivity index (χ2v) is 4.20. The lowest BCUT2D eigenvalue weighted by Crippen LogP contribution is -1.89. The minimum Gasteiger partial charge on any atom is -0.0790 e. The molecule has 0 unspecified atom stereocenters. The third kappa shape index (κ3) is 5.17. The molecule has 0 aliphatic heterocycles. The predicted octanol–water partition coefficient (Wildman–Crippen LogP) is 4.19. The summed E-state index contributed by atoms with van der Waals surface area (Å²) in [6.07, 6.45) is 4.58. The Balaban J connectivity index is 4.33. The Kier molecular flexibility index (Phi) is 4.96. The Labute approximate surface area is 77.4 Å². The van der Waals surface area contributed by atoms with Crippen LogP contribution in [-0.4, -0.2) is 0 Å². The molecule has 70 valence electrons. The quantitative estimate of drug-likeness (QED) is 0.551. The lowest BCUT2D eigenvalue weighted by molar-refractivity contribution is 0.766. The molecule has 0 bridgehead atoms. The van der Waals surface area contributed by atoms with Gasteiger partial charge in [0.25, 0.3) is 0 Å². The summed E-state index contributed by atoms with van der Waals surface area (Å²) < 4.78 is 0. The highest BCUT2D eigenvalue weighted by molar-refractivity contribution is 5.21. The molecule has 0 nitrogen and oxygen atoms in total. The average Bonchev–Trinajstić information content (AvgIpc) is 1.84. The van der Waals surface area contributed by atoms with Gasteiger partial charge in [0.05, 0.1) is 0 Å². The molecule has 0 aliphatic carbocycles. The molecule has 0 heteroatoms. The van der Waals surface area contributed by atoms with E-state index in [4.69, 9.17) is 0 Å². The van der Waals surface area contributed by atoms with E-state index in [1.54, 1.807) is 0 Å². The van der Waals surface area contributed by atoms with Gasteiger partial charge in [-0.25, -0.2) is 0 Å². The molecule has 0 aromatic rings. The zero-order chi connectivity index (χ0) is 9.72. The van der Waals surface area contributed by atoms with E-state index in [1.165, 1.54) is 11.1 Å². The van der Waals surface area contributed by atoms with Crippen LogP contribution in [0.25, 0.3) is 0 Å². The van der Waals surface area contributed by atoms with Crippen LogP contribution in [0.1, 0.15) is 41.5 Å². The van der Waals surface area contributed by atoms with Crippen LogP contribution in [0.3, 0.4) is 0 Å². The van der Waals surface area contributed by atoms with E-state index in [9.17, 15) is 0 Å². The third-order valence-electron chi connectivity index (χ3n) is 1.96. The van der Waals surface area contributed by atoms with Crippen LogP contribution in [0, 0.1) is 11.8 Å². The van der Waals surface area contributed by atoms with Gasteiger partial charge in [-0.3, -0.25) is 0 Å². The van der Waals surface area contributed by atoms with Crippen LogP contribution in [0.4, 0.5) is 0 Å². The van der Waals surface area contributed by atoms with Gasteiger partial charge < -0.3 is 0 Å². The van der Waals surface area contributed by atoms with Crippen LogP contribution in [-0.2, 0) is 0 Å². The summed E-state index contributed by atoms with van der Waals surface area (Å²) in [6, 6.07) is 0. The zero-order valence-corrected chi connectivity index (χ0v) is 9.31. The van der Waals surface area contributed by atoms with Crippen molar-refractivity contribution in [3.05, 3.63) is 23.3 Å². The number of hydrogen-bond donors (Lipinski definition) is 0. The summed E-state index contributed by atoms with van der Waals surface area (Å²) >= 11 is 0. The first-order chi connectivity index (χ1) is 5.43. The molecule has 0 aromatic heterocycles. The highest BCUT2D eigenvalue weighted by atomic mass is 14.0. The summed E-state index contributed by atoms with van der Waals surface area (Å²) in [5.74, 6) is 1.32. The van der Waals surface area contributed by atoms with Gasteiger partial charge in [0.2, 0.25) is 0 Å². The molecular weight excluding hydrogens is 144 g/mol. The molecule has 0 N–H and O–H groups in total. The molecule has 0 rings (SSSR count). The van der Waals surface area contributed by atoms with Gasteiger partial charge in [0.1, 0.15) is 0 Å². The molecule has 12 heavy (non-hydrogen) atoms. The Morgan fingerprint density at radius 2 is 1.50 bits per heavy atom. The van der Waals surface area contributed by atoms with Gasteiger partial charge >= 0.3 is 0 Å². The number of hydrogen-bond acceptors (Lipinski definition) is 0. The maximum atomic E-state index is 2.30. The monoisotopic (exact) mass is 166 g/mol. The standard InChI is InChI=1S/C12H22/c1-9(2)7-11(5)8-12(6)10(3)4/h7-10H,1-6H3/b11-7+,12-8+. The van der Waals surface area contributed by atoms with Crippen LogP contribution >= 0.6 is 0 Å². The topological polar surface area (TPSA) is 0 Å². The predicted molar refractivity (Wildman–Crippen MR) is 57.2 cm³/mol. The first-order valence-electron chi connectivity index (χ1n) is 4.80. The highest BCUT2D eigenvalue weighted by Gasteiger charge is 1.96. The van der Waals surface area contributed by atoms with Crippen molar-refractivity contribution in [2.45, 2.75) is 41.5 Å². The lowest BCUT2D eigenvalue weighted by Gasteiger charge is -2.05. The molecule has 0 spiro atoms. The molecular formula is C12H22. The summed E-state index contributed by atoms with van der Waals surface area (Å²) in [5, 5.41) is 0. The van der Waals surface area contributed by atoms with Crippen LogP contribution in [0.15, 0.2) is 23.3 Å². The van der Waals surface area contributed by atoms with Crippen molar-refractivity contribution in [2.24, 2.45) is 11.8 Å². The van der Waals surface area contributed by atoms with Crippen molar-refractivity contribution in [3.8, 4) is 0 Å². The molecule has 0 saturated heterocycles. The van der Waals surface area contributed by atoms with E-state index in [-0.39, 0.29) is 0 Å². The number of allylic oxidation sites excluding steroid dienone is 4. The van der Waals surface area contributed by atoms with Crippen molar-refractivity contribution >= 4 is 0 Å². The minimum absolute atomic E-state index is 0.654. The van der Waals surface area contributed by atoms with Gasteiger partial charge in [-0.2, -0.15) is 0 Å². The van der Waals surface area contributed by atoms with Crippen LogP contribution in [0.5, 0.6) is 0 Å². The van der Waals surface area contributed by atoms with E-state index in [2.05, 4.69) is 53.7 Å². The van der Waals surface area contributed by atoms with Gasteiger partial charge in [0, 0.05) is 0 Å². The largest absolute Gasteiger partial charge is 0.0790 e. The molecule has 0 radical (unpaired) electrons. The second kappa shape index (κ2) is 5.18.